The zero-order valence-electron chi connectivity index (χ0n) is 9.69. The van der Waals surface area contributed by atoms with Crippen LogP contribution in [0.15, 0.2) is 33.9 Å². The molecule has 0 saturated heterocycles. The van der Waals surface area contributed by atoms with Crippen LogP contribution in [-0.2, 0) is 6.42 Å². The van der Waals surface area contributed by atoms with E-state index in [1.54, 1.807) is 13.4 Å². The highest BCUT2D eigenvalue weighted by Crippen LogP contribution is 2.30. The van der Waals surface area contributed by atoms with E-state index in [0.717, 1.165) is 47.6 Å². The molecule has 1 aromatic carbocycles. The summed E-state index contributed by atoms with van der Waals surface area (Å²) >= 11 is 0. The minimum Gasteiger partial charge on any atom is -0.496 e. The Morgan fingerprint density at radius 3 is 3.12 bits per heavy atom. The molecule has 1 aliphatic rings. The van der Waals surface area contributed by atoms with Crippen LogP contribution in [0, 0.1) is 0 Å². The van der Waals surface area contributed by atoms with E-state index in [2.05, 4.69) is 10.3 Å². The summed E-state index contributed by atoms with van der Waals surface area (Å²) in [7, 11) is 1.69. The molecule has 17 heavy (non-hydrogen) atoms. The summed E-state index contributed by atoms with van der Waals surface area (Å²) in [4.78, 5) is 4.40. The minimum atomic E-state index is 0.782. The quantitative estimate of drug-likeness (QED) is 0.877. The number of hydrogen-bond donors (Lipinski definition) is 1. The van der Waals surface area contributed by atoms with Gasteiger partial charge in [0.25, 0.3) is 0 Å². The van der Waals surface area contributed by atoms with Crippen molar-refractivity contribution in [2.24, 2.45) is 4.99 Å². The number of nitrogens with zero attached hydrogens (tertiary/aromatic N) is 1. The van der Waals surface area contributed by atoms with Crippen LogP contribution in [0.25, 0.3) is 11.0 Å². The van der Waals surface area contributed by atoms with Crippen LogP contribution in [-0.4, -0.2) is 26.0 Å². The number of ether oxygens (including phenoxy) is 1. The first kappa shape index (κ1) is 10.2. The molecular weight excluding hydrogens is 216 g/mol. The van der Waals surface area contributed by atoms with Gasteiger partial charge in [0.2, 0.25) is 0 Å². The van der Waals surface area contributed by atoms with Crippen molar-refractivity contribution >= 4 is 16.8 Å². The number of benzene rings is 1. The van der Waals surface area contributed by atoms with E-state index in [4.69, 9.17) is 9.15 Å². The van der Waals surface area contributed by atoms with E-state index < -0.39 is 0 Å². The Labute approximate surface area is 99.3 Å². The van der Waals surface area contributed by atoms with Crippen LogP contribution in [0.2, 0.25) is 0 Å². The average molecular weight is 230 g/mol. The number of rotatable bonds is 3. The summed E-state index contributed by atoms with van der Waals surface area (Å²) in [5, 5.41) is 4.29. The first-order chi connectivity index (χ1) is 8.38. The van der Waals surface area contributed by atoms with Crippen molar-refractivity contribution in [3.63, 3.8) is 0 Å². The van der Waals surface area contributed by atoms with Gasteiger partial charge >= 0.3 is 0 Å². The maximum absolute atomic E-state index is 5.48. The Balaban J connectivity index is 2.02. The number of methoxy groups -OCH3 is 1. The summed E-state index contributed by atoms with van der Waals surface area (Å²) in [5.41, 5.74) is 1.99. The van der Waals surface area contributed by atoms with Crippen molar-refractivity contribution in [1.82, 2.24) is 5.32 Å². The van der Waals surface area contributed by atoms with Gasteiger partial charge in [-0.15, -0.1) is 0 Å². The molecule has 0 radical (unpaired) electrons. The second kappa shape index (κ2) is 4.13. The standard InChI is InChI=1S/C13H14N2O2/c1-16-13-9(8-12-14-5-6-15-12)2-3-11-10(13)4-7-17-11/h2-4,7H,5-6,8H2,1H3,(H,14,15). The van der Waals surface area contributed by atoms with Crippen molar-refractivity contribution in [3.05, 3.63) is 30.0 Å². The molecule has 0 amide bonds. The SMILES string of the molecule is COc1c(CC2=NCCN2)ccc2occc12. The Morgan fingerprint density at radius 2 is 2.35 bits per heavy atom. The largest absolute Gasteiger partial charge is 0.496 e. The predicted molar refractivity (Wildman–Crippen MR) is 66.8 cm³/mol. The maximum atomic E-state index is 5.48. The third kappa shape index (κ3) is 1.75. The monoisotopic (exact) mass is 230 g/mol. The van der Waals surface area contributed by atoms with Gasteiger partial charge in [0, 0.05) is 18.5 Å². The van der Waals surface area contributed by atoms with Crippen LogP contribution in [0.1, 0.15) is 5.56 Å². The highest BCUT2D eigenvalue weighted by molar-refractivity contribution is 5.90. The second-order valence-electron chi connectivity index (χ2n) is 4.02. The number of furan rings is 1. The van der Waals surface area contributed by atoms with E-state index in [9.17, 15) is 0 Å². The number of nitrogens with one attached hydrogen (secondary N) is 1. The molecule has 0 bridgehead atoms. The molecular formula is C13H14N2O2. The third-order valence-corrected chi connectivity index (χ3v) is 2.97. The number of hydrogen-bond acceptors (Lipinski definition) is 4. The summed E-state index contributed by atoms with van der Waals surface area (Å²) in [6, 6.07) is 5.94. The number of aliphatic imine (C=N–C) groups is 1. The van der Waals surface area contributed by atoms with Crippen LogP contribution in [0.5, 0.6) is 5.75 Å². The minimum absolute atomic E-state index is 0.782. The molecule has 0 fully saturated rings. The highest BCUT2D eigenvalue weighted by atomic mass is 16.5. The van der Waals surface area contributed by atoms with Gasteiger partial charge in [0.05, 0.1) is 25.3 Å². The third-order valence-electron chi connectivity index (χ3n) is 2.97. The maximum Gasteiger partial charge on any atom is 0.137 e. The normalized spacial score (nSPS) is 14.8. The molecule has 1 aliphatic heterocycles. The number of amidine groups is 1. The van der Waals surface area contributed by atoms with Gasteiger partial charge < -0.3 is 14.5 Å². The van der Waals surface area contributed by atoms with Crippen molar-refractivity contribution in [3.8, 4) is 5.75 Å². The van der Waals surface area contributed by atoms with E-state index in [1.807, 2.05) is 18.2 Å². The molecule has 2 heterocycles. The summed E-state index contributed by atoms with van der Waals surface area (Å²) in [6.07, 6.45) is 2.46. The Kier molecular flexibility index (Phi) is 2.48. The molecule has 1 aromatic heterocycles. The number of fused-ring (bicyclic) bond motifs is 1. The van der Waals surface area contributed by atoms with Crippen molar-refractivity contribution in [2.75, 3.05) is 20.2 Å². The molecule has 0 unspecified atom stereocenters. The lowest BCUT2D eigenvalue weighted by molar-refractivity contribution is 0.416. The molecule has 0 atom stereocenters. The van der Waals surface area contributed by atoms with Crippen molar-refractivity contribution in [2.45, 2.75) is 6.42 Å². The molecule has 4 heteroatoms. The lowest BCUT2D eigenvalue weighted by Crippen LogP contribution is -2.20. The van der Waals surface area contributed by atoms with E-state index in [-0.39, 0.29) is 0 Å². The molecule has 2 aromatic rings. The molecule has 3 rings (SSSR count). The molecule has 0 spiro atoms. The van der Waals surface area contributed by atoms with Gasteiger partial charge in [-0.05, 0) is 12.1 Å². The molecule has 0 saturated carbocycles. The van der Waals surface area contributed by atoms with Gasteiger partial charge in [0.1, 0.15) is 17.2 Å². The fourth-order valence-electron chi connectivity index (χ4n) is 2.19. The van der Waals surface area contributed by atoms with Crippen LogP contribution >= 0.6 is 0 Å². The lowest BCUT2D eigenvalue weighted by atomic mass is 10.1. The molecule has 88 valence electrons. The summed E-state index contributed by atoms with van der Waals surface area (Å²) in [5.74, 6) is 1.92. The van der Waals surface area contributed by atoms with Gasteiger partial charge in [-0.2, -0.15) is 0 Å². The lowest BCUT2D eigenvalue weighted by Gasteiger charge is -2.09. The van der Waals surface area contributed by atoms with Gasteiger partial charge in [0.15, 0.2) is 0 Å². The second-order valence-corrected chi connectivity index (χ2v) is 4.02. The average Bonchev–Trinajstić information content (AvgIpc) is 2.98. The Morgan fingerprint density at radius 1 is 1.41 bits per heavy atom. The van der Waals surface area contributed by atoms with E-state index in [0.29, 0.717) is 0 Å². The van der Waals surface area contributed by atoms with Crippen LogP contribution < -0.4 is 10.1 Å². The summed E-state index contributed by atoms with van der Waals surface area (Å²) < 4.78 is 10.8. The van der Waals surface area contributed by atoms with Crippen LogP contribution in [0.4, 0.5) is 0 Å². The van der Waals surface area contributed by atoms with Crippen molar-refractivity contribution < 1.29 is 9.15 Å². The first-order valence-corrected chi connectivity index (χ1v) is 5.69. The zero-order chi connectivity index (χ0) is 11.7. The fraction of sp³-hybridized carbons (Fsp3) is 0.308. The Bertz CT molecular complexity index is 572. The van der Waals surface area contributed by atoms with E-state index in [1.165, 1.54) is 0 Å². The topological polar surface area (TPSA) is 46.8 Å². The predicted octanol–water partition coefficient (Wildman–Crippen LogP) is 1.99. The van der Waals surface area contributed by atoms with Gasteiger partial charge in [-0.3, -0.25) is 4.99 Å². The van der Waals surface area contributed by atoms with Crippen molar-refractivity contribution in [1.29, 1.82) is 0 Å². The molecule has 1 N–H and O–H groups in total. The van der Waals surface area contributed by atoms with Crippen LogP contribution in [0.3, 0.4) is 0 Å². The summed E-state index contributed by atoms with van der Waals surface area (Å²) in [6.45, 7) is 1.80. The smallest absolute Gasteiger partial charge is 0.137 e. The molecule has 0 aliphatic carbocycles. The van der Waals surface area contributed by atoms with Gasteiger partial charge in [-0.1, -0.05) is 6.07 Å². The zero-order valence-corrected chi connectivity index (χ0v) is 9.69. The fourth-order valence-corrected chi connectivity index (χ4v) is 2.19. The van der Waals surface area contributed by atoms with Gasteiger partial charge in [-0.25, -0.2) is 0 Å². The Hall–Kier alpha value is -1.97. The highest BCUT2D eigenvalue weighted by Gasteiger charge is 2.13. The first-order valence-electron chi connectivity index (χ1n) is 5.69. The van der Waals surface area contributed by atoms with E-state index >= 15 is 0 Å². The molecule has 4 nitrogen and oxygen atoms in total.